The van der Waals surface area contributed by atoms with Crippen molar-refractivity contribution in [2.75, 3.05) is 0 Å². The van der Waals surface area contributed by atoms with Gasteiger partial charge < -0.3 is 9.53 Å². The summed E-state index contributed by atoms with van der Waals surface area (Å²) in [4.78, 5) is 0. The summed E-state index contributed by atoms with van der Waals surface area (Å²) in [6.07, 6.45) is 14.5. The quantitative estimate of drug-likeness (QED) is 0.366. The predicted octanol–water partition coefficient (Wildman–Crippen LogP) is 6.50. The number of rotatable bonds is 9. The Morgan fingerprint density at radius 3 is 2.12 bits per heavy atom. The molecular weight excluding hydrogens is 336 g/mol. The van der Waals surface area contributed by atoms with Crippen LogP contribution in [-0.2, 0) is 4.43 Å². The van der Waals surface area contributed by atoms with Gasteiger partial charge >= 0.3 is 0 Å². The first kappa shape index (κ1) is 23.4. The lowest BCUT2D eigenvalue weighted by Gasteiger charge is -2.44. The Balaban J connectivity index is 2.77. The molecule has 0 aliphatic heterocycles. The molecule has 1 saturated carbocycles. The van der Waals surface area contributed by atoms with Gasteiger partial charge in [-0.3, -0.25) is 0 Å². The first-order chi connectivity index (χ1) is 11.9. The highest BCUT2D eigenvalue weighted by Crippen LogP contribution is 2.42. The highest BCUT2D eigenvalue weighted by atomic mass is 28.4. The van der Waals surface area contributed by atoms with Crippen molar-refractivity contribution in [2.24, 2.45) is 17.3 Å². The Kier molecular flexibility index (Phi) is 8.13. The fourth-order valence-electron chi connectivity index (χ4n) is 2.91. The van der Waals surface area contributed by atoms with E-state index in [4.69, 9.17) is 4.43 Å². The first-order valence-electron chi connectivity index (χ1n) is 10.1. The number of allylic oxidation sites excluding steroid dienone is 4. The van der Waals surface area contributed by atoms with Crippen molar-refractivity contribution in [1.29, 1.82) is 0 Å². The Bertz CT molecular complexity index is 523. The zero-order valence-electron chi connectivity index (χ0n) is 18.5. The lowest BCUT2D eigenvalue weighted by atomic mass is 9.79. The van der Waals surface area contributed by atoms with Gasteiger partial charge in [0.2, 0.25) is 0 Å². The topological polar surface area (TPSA) is 29.5 Å². The smallest absolute Gasteiger partial charge is 0.192 e. The van der Waals surface area contributed by atoms with E-state index in [0.717, 1.165) is 0 Å². The van der Waals surface area contributed by atoms with Crippen molar-refractivity contribution in [2.45, 2.75) is 91.6 Å². The third-order valence-corrected chi connectivity index (χ3v) is 10.7. The van der Waals surface area contributed by atoms with Gasteiger partial charge in [-0.15, -0.1) is 0 Å². The van der Waals surface area contributed by atoms with E-state index in [1.54, 1.807) is 0 Å². The van der Waals surface area contributed by atoms with Crippen LogP contribution >= 0.6 is 0 Å². The summed E-state index contributed by atoms with van der Waals surface area (Å²) in [5, 5.41) is 11.1. The molecule has 1 rings (SSSR count). The second-order valence-corrected chi connectivity index (χ2v) is 14.7. The van der Waals surface area contributed by atoms with Gasteiger partial charge in [-0.05, 0) is 56.7 Å². The van der Waals surface area contributed by atoms with E-state index < -0.39 is 14.4 Å². The van der Waals surface area contributed by atoms with Gasteiger partial charge in [-0.2, -0.15) is 0 Å². The highest BCUT2D eigenvalue weighted by Gasteiger charge is 2.44. The minimum absolute atomic E-state index is 0.0755. The van der Waals surface area contributed by atoms with Gasteiger partial charge in [-0.1, -0.05) is 71.1 Å². The van der Waals surface area contributed by atoms with E-state index in [1.165, 1.54) is 6.42 Å². The fourth-order valence-corrected chi connectivity index (χ4v) is 4.28. The zero-order valence-corrected chi connectivity index (χ0v) is 19.5. The van der Waals surface area contributed by atoms with Gasteiger partial charge in [0.25, 0.3) is 0 Å². The molecule has 0 bridgehead atoms. The van der Waals surface area contributed by atoms with Crippen LogP contribution in [0.25, 0.3) is 0 Å². The Morgan fingerprint density at radius 1 is 1.04 bits per heavy atom. The molecule has 0 amide bonds. The van der Waals surface area contributed by atoms with Crippen LogP contribution in [0, 0.1) is 17.3 Å². The van der Waals surface area contributed by atoms with Crippen LogP contribution in [0.15, 0.2) is 36.5 Å². The second kappa shape index (κ2) is 9.03. The van der Waals surface area contributed by atoms with Crippen LogP contribution in [-0.4, -0.2) is 25.6 Å². The van der Waals surface area contributed by atoms with E-state index in [1.807, 2.05) is 13.0 Å². The molecule has 1 aliphatic rings. The average Bonchev–Trinajstić information content (AvgIpc) is 3.23. The Labute approximate surface area is 163 Å². The number of hydrogen-bond acceptors (Lipinski definition) is 2. The predicted molar refractivity (Wildman–Crippen MR) is 117 cm³/mol. The molecule has 4 atom stereocenters. The summed E-state index contributed by atoms with van der Waals surface area (Å²) in [6.45, 7) is 19.7. The van der Waals surface area contributed by atoms with E-state index in [9.17, 15) is 5.11 Å². The lowest BCUT2D eigenvalue weighted by molar-refractivity contribution is -0.0181. The standard InChI is InChI=1S/C23H42O2Si/c1-10-13-18-17-19(18)15-12-16-20(24)23(6,7)21(14-11-2)25-26(8,9)22(3,4)5/h10-15,18-21,24H,16-17H2,1-9H3/b13-10+,14-11+,15-12-/t18-,19+,20+,21+/m1/s1. The maximum absolute atomic E-state index is 10.9. The summed E-state index contributed by atoms with van der Waals surface area (Å²) >= 11 is 0. The summed E-state index contributed by atoms with van der Waals surface area (Å²) in [7, 11) is -1.91. The van der Waals surface area contributed by atoms with Crippen LogP contribution in [0.5, 0.6) is 0 Å². The van der Waals surface area contributed by atoms with E-state index in [-0.39, 0.29) is 16.6 Å². The van der Waals surface area contributed by atoms with Crippen molar-refractivity contribution < 1.29 is 9.53 Å². The molecule has 3 heteroatoms. The minimum Gasteiger partial charge on any atom is -0.410 e. The highest BCUT2D eigenvalue weighted by molar-refractivity contribution is 6.74. The van der Waals surface area contributed by atoms with E-state index >= 15 is 0 Å². The van der Waals surface area contributed by atoms with Crippen LogP contribution in [0.2, 0.25) is 18.1 Å². The fraction of sp³-hybridized carbons (Fsp3) is 0.739. The van der Waals surface area contributed by atoms with Crippen LogP contribution in [0.4, 0.5) is 0 Å². The van der Waals surface area contributed by atoms with Crippen molar-refractivity contribution in [3.63, 3.8) is 0 Å². The molecule has 2 nitrogen and oxygen atoms in total. The lowest BCUT2D eigenvalue weighted by Crippen LogP contribution is -2.50. The van der Waals surface area contributed by atoms with Gasteiger partial charge in [0, 0.05) is 5.41 Å². The molecule has 0 aromatic heterocycles. The molecule has 0 heterocycles. The zero-order chi connectivity index (χ0) is 20.2. The van der Waals surface area contributed by atoms with Gasteiger partial charge in [0.1, 0.15) is 0 Å². The minimum atomic E-state index is -1.91. The molecule has 26 heavy (non-hydrogen) atoms. The molecular formula is C23H42O2Si. The second-order valence-electron chi connectivity index (χ2n) is 9.91. The normalized spacial score (nSPS) is 24.7. The SMILES string of the molecule is C/C=C/[C@@H]1C[C@@H]1/C=C\C[C@H](O)C(C)(C)[C@H](/C=C/C)O[Si](C)(C)C(C)(C)C. The maximum atomic E-state index is 10.9. The monoisotopic (exact) mass is 378 g/mol. The van der Waals surface area contributed by atoms with Crippen LogP contribution in [0.3, 0.4) is 0 Å². The Hall–Kier alpha value is -0.643. The summed E-state index contributed by atoms with van der Waals surface area (Å²) in [5.41, 5.74) is -0.335. The molecule has 0 aromatic carbocycles. The van der Waals surface area contributed by atoms with Crippen LogP contribution in [0.1, 0.15) is 61.3 Å². The van der Waals surface area contributed by atoms with Gasteiger partial charge in [0.05, 0.1) is 12.2 Å². The van der Waals surface area contributed by atoms with Gasteiger partial charge in [-0.25, -0.2) is 0 Å². The third-order valence-electron chi connectivity index (χ3n) is 6.26. The van der Waals surface area contributed by atoms with Crippen molar-refractivity contribution in [1.82, 2.24) is 0 Å². The molecule has 1 fully saturated rings. The number of aliphatic hydroxyl groups is 1. The molecule has 0 spiro atoms. The molecule has 150 valence electrons. The summed E-state index contributed by atoms with van der Waals surface area (Å²) in [6, 6.07) is 0. The first-order valence-corrected chi connectivity index (χ1v) is 13.1. The molecule has 0 aromatic rings. The largest absolute Gasteiger partial charge is 0.410 e. The summed E-state index contributed by atoms with van der Waals surface area (Å²) < 4.78 is 6.68. The van der Waals surface area contributed by atoms with Gasteiger partial charge in [0.15, 0.2) is 8.32 Å². The average molecular weight is 379 g/mol. The van der Waals surface area contributed by atoms with E-state index in [0.29, 0.717) is 18.3 Å². The number of hydrogen-bond donors (Lipinski definition) is 1. The van der Waals surface area contributed by atoms with Crippen LogP contribution < -0.4 is 0 Å². The molecule has 1 N–H and O–H groups in total. The Morgan fingerprint density at radius 2 is 1.62 bits per heavy atom. The van der Waals surface area contributed by atoms with Crippen molar-refractivity contribution in [3.05, 3.63) is 36.5 Å². The molecule has 0 unspecified atom stereocenters. The molecule has 0 radical (unpaired) electrons. The summed E-state index contributed by atoms with van der Waals surface area (Å²) in [5.74, 6) is 1.37. The molecule has 1 aliphatic carbocycles. The van der Waals surface area contributed by atoms with E-state index in [2.05, 4.69) is 85.0 Å². The van der Waals surface area contributed by atoms with Crippen molar-refractivity contribution >= 4 is 8.32 Å². The third kappa shape index (κ3) is 6.21. The maximum Gasteiger partial charge on any atom is 0.192 e. The van der Waals surface area contributed by atoms with Crippen molar-refractivity contribution in [3.8, 4) is 0 Å². The molecule has 0 saturated heterocycles. The number of aliphatic hydroxyl groups excluding tert-OH is 1.